The van der Waals surface area contributed by atoms with E-state index in [1.807, 2.05) is 0 Å². The van der Waals surface area contributed by atoms with E-state index in [0.29, 0.717) is 19.0 Å². The lowest BCUT2D eigenvalue weighted by molar-refractivity contribution is 0.146. The minimum absolute atomic E-state index is 0.213. The summed E-state index contributed by atoms with van der Waals surface area (Å²) >= 11 is 0. The van der Waals surface area contributed by atoms with Crippen molar-refractivity contribution in [2.24, 2.45) is 0 Å². The molecule has 0 saturated carbocycles. The Morgan fingerprint density at radius 2 is 2.06 bits per heavy atom. The van der Waals surface area contributed by atoms with Gasteiger partial charge in [0.2, 0.25) is 0 Å². The Hall–Kier alpha value is -0.870. The van der Waals surface area contributed by atoms with E-state index in [1.54, 1.807) is 19.2 Å². The molecule has 0 radical (unpaired) electrons. The van der Waals surface area contributed by atoms with Crippen LogP contribution in [0.2, 0.25) is 0 Å². The molecule has 0 aliphatic heterocycles. The summed E-state index contributed by atoms with van der Waals surface area (Å²) in [5.74, 6) is 0.515. The average Bonchev–Trinajstić information content (AvgIpc) is 2.30. The Labute approximate surface area is 94.5 Å². The van der Waals surface area contributed by atoms with E-state index in [0.717, 1.165) is 0 Å². The quantitative estimate of drug-likeness (QED) is 0.603. The van der Waals surface area contributed by atoms with Gasteiger partial charge in [-0.2, -0.15) is 0 Å². The second kappa shape index (κ2) is 6.01. The van der Waals surface area contributed by atoms with Crippen LogP contribution in [-0.4, -0.2) is 32.3 Å². The molecule has 1 unspecified atom stereocenters. The molecule has 0 aliphatic carbocycles. The van der Waals surface area contributed by atoms with Gasteiger partial charge in [-0.25, -0.2) is 0 Å². The number of rotatable bonds is 6. The Balaban J connectivity index is 2.75. The van der Waals surface area contributed by atoms with Crippen molar-refractivity contribution in [2.75, 3.05) is 27.4 Å². The van der Waals surface area contributed by atoms with E-state index >= 15 is 0 Å². The first kappa shape index (κ1) is 13.2. The van der Waals surface area contributed by atoms with Crippen molar-refractivity contribution in [3.05, 3.63) is 24.3 Å². The molecule has 0 aliphatic rings. The van der Waals surface area contributed by atoms with E-state index in [4.69, 9.17) is 9.47 Å². The van der Waals surface area contributed by atoms with Crippen LogP contribution >= 0.6 is 7.60 Å². The van der Waals surface area contributed by atoms with Gasteiger partial charge in [-0.15, -0.1) is 0 Å². The second-order valence-corrected chi connectivity index (χ2v) is 4.96. The summed E-state index contributed by atoms with van der Waals surface area (Å²) in [7, 11) is -0.933. The van der Waals surface area contributed by atoms with Crippen LogP contribution in [0, 0.1) is 0 Å². The van der Waals surface area contributed by atoms with Crippen LogP contribution in [0.25, 0.3) is 0 Å². The van der Waals surface area contributed by atoms with Crippen molar-refractivity contribution in [2.45, 2.75) is 0 Å². The average molecular weight is 246 g/mol. The molecule has 90 valence electrons. The number of hydrogen-bond acceptors (Lipinski definition) is 4. The van der Waals surface area contributed by atoms with E-state index in [9.17, 15) is 9.46 Å². The second-order valence-electron chi connectivity index (χ2n) is 3.04. The molecule has 5 nitrogen and oxygen atoms in total. The summed E-state index contributed by atoms with van der Waals surface area (Å²) in [6.07, 6.45) is 0. The zero-order valence-electron chi connectivity index (χ0n) is 9.25. The van der Waals surface area contributed by atoms with Crippen molar-refractivity contribution in [3.63, 3.8) is 0 Å². The summed E-state index contributed by atoms with van der Waals surface area (Å²) in [4.78, 5) is 9.44. The highest BCUT2D eigenvalue weighted by molar-refractivity contribution is 7.61. The summed E-state index contributed by atoms with van der Waals surface area (Å²) < 4.78 is 26.2. The van der Waals surface area contributed by atoms with Crippen molar-refractivity contribution < 1.29 is 23.5 Å². The van der Waals surface area contributed by atoms with Crippen LogP contribution in [0.15, 0.2) is 24.3 Å². The van der Waals surface area contributed by atoms with Gasteiger partial charge in [0.05, 0.1) is 11.9 Å². The molecule has 16 heavy (non-hydrogen) atoms. The van der Waals surface area contributed by atoms with Gasteiger partial charge in [0.15, 0.2) is 0 Å². The maximum Gasteiger partial charge on any atom is 0.358 e. The monoisotopic (exact) mass is 246 g/mol. The van der Waals surface area contributed by atoms with E-state index < -0.39 is 7.60 Å². The summed E-state index contributed by atoms with van der Waals surface area (Å²) in [6, 6.07) is 6.35. The highest BCUT2D eigenvalue weighted by Gasteiger charge is 2.20. The number of ether oxygens (including phenoxy) is 2. The molecule has 0 aromatic heterocycles. The van der Waals surface area contributed by atoms with Crippen LogP contribution in [-0.2, 0) is 13.8 Å². The molecule has 1 aromatic carbocycles. The van der Waals surface area contributed by atoms with E-state index in [1.165, 1.54) is 19.2 Å². The molecule has 0 fully saturated rings. The molecule has 6 heteroatoms. The van der Waals surface area contributed by atoms with Crippen LogP contribution < -0.4 is 10.0 Å². The smallest absolute Gasteiger partial charge is 0.358 e. The predicted octanol–water partition coefficient (Wildman–Crippen LogP) is 1.17. The SMILES string of the molecule is COCCOc1cccc(P(=O)(O)OC)c1. The van der Waals surface area contributed by atoms with Gasteiger partial charge in [-0.3, -0.25) is 4.57 Å². The van der Waals surface area contributed by atoms with Gasteiger partial charge >= 0.3 is 7.60 Å². The third-order valence-corrected chi connectivity index (χ3v) is 3.37. The lowest BCUT2D eigenvalue weighted by Crippen LogP contribution is -2.08. The largest absolute Gasteiger partial charge is 0.491 e. The molecule has 0 saturated heterocycles. The van der Waals surface area contributed by atoms with Gasteiger partial charge in [-0.1, -0.05) is 6.07 Å². The molecular weight excluding hydrogens is 231 g/mol. The number of methoxy groups -OCH3 is 1. The Kier molecular flexibility index (Phi) is 4.96. The van der Waals surface area contributed by atoms with Crippen LogP contribution in [0.5, 0.6) is 5.75 Å². The highest BCUT2D eigenvalue weighted by Crippen LogP contribution is 2.39. The molecule has 0 bridgehead atoms. The molecule has 0 heterocycles. The summed E-state index contributed by atoms with van der Waals surface area (Å²) in [5, 5.41) is 0.213. The van der Waals surface area contributed by atoms with Gasteiger partial charge < -0.3 is 18.9 Å². The van der Waals surface area contributed by atoms with Crippen molar-refractivity contribution >= 4 is 12.9 Å². The fraction of sp³-hybridized carbons (Fsp3) is 0.400. The molecule has 1 atom stereocenters. The standard InChI is InChI=1S/C10H15O5P/c1-13-6-7-15-9-4-3-5-10(8-9)16(11,12)14-2/h3-5,8H,6-7H2,1-2H3,(H,11,12). The molecule has 0 spiro atoms. The zero-order chi connectivity index (χ0) is 12.0. The summed E-state index contributed by atoms with van der Waals surface area (Å²) in [5.41, 5.74) is 0. The van der Waals surface area contributed by atoms with Crippen LogP contribution in [0.4, 0.5) is 0 Å². The van der Waals surface area contributed by atoms with Crippen molar-refractivity contribution in [1.29, 1.82) is 0 Å². The van der Waals surface area contributed by atoms with Gasteiger partial charge in [0.1, 0.15) is 12.4 Å². The van der Waals surface area contributed by atoms with Crippen LogP contribution in [0.3, 0.4) is 0 Å². The molecular formula is C10H15O5P. The molecule has 1 N–H and O–H groups in total. The normalized spacial score (nSPS) is 14.4. The Bertz CT molecular complexity index is 379. The van der Waals surface area contributed by atoms with Gasteiger partial charge in [-0.05, 0) is 18.2 Å². The maximum atomic E-state index is 11.5. The topological polar surface area (TPSA) is 65.0 Å². The van der Waals surface area contributed by atoms with E-state index in [-0.39, 0.29) is 5.30 Å². The molecule has 0 amide bonds. The lowest BCUT2D eigenvalue weighted by atomic mass is 10.3. The zero-order valence-corrected chi connectivity index (χ0v) is 10.1. The van der Waals surface area contributed by atoms with Gasteiger partial charge in [0, 0.05) is 14.2 Å². The predicted molar refractivity (Wildman–Crippen MR) is 60.3 cm³/mol. The summed E-state index contributed by atoms with van der Waals surface area (Å²) in [6.45, 7) is 0.855. The Morgan fingerprint density at radius 3 is 2.69 bits per heavy atom. The third-order valence-electron chi connectivity index (χ3n) is 1.95. The van der Waals surface area contributed by atoms with Crippen molar-refractivity contribution in [1.82, 2.24) is 0 Å². The highest BCUT2D eigenvalue weighted by atomic mass is 31.2. The number of hydrogen-bond donors (Lipinski definition) is 1. The Morgan fingerprint density at radius 1 is 1.31 bits per heavy atom. The van der Waals surface area contributed by atoms with E-state index in [2.05, 4.69) is 4.52 Å². The molecule has 1 rings (SSSR count). The fourth-order valence-corrected chi connectivity index (χ4v) is 1.87. The minimum atomic E-state index is -3.70. The fourth-order valence-electron chi connectivity index (χ4n) is 1.10. The minimum Gasteiger partial charge on any atom is -0.491 e. The van der Waals surface area contributed by atoms with Gasteiger partial charge in [0.25, 0.3) is 0 Å². The van der Waals surface area contributed by atoms with Crippen LogP contribution in [0.1, 0.15) is 0 Å². The first-order valence-corrected chi connectivity index (χ1v) is 6.29. The third kappa shape index (κ3) is 3.61. The maximum absolute atomic E-state index is 11.5. The first-order chi connectivity index (χ1) is 7.60. The molecule has 1 aromatic rings. The number of benzene rings is 1. The lowest BCUT2D eigenvalue weighted by Gasteiger charge is -2.11. The first-order valence-electron chi connectivity index (χ1n) is 4.71. The van der Waals surface area contributed by atoms with Crippen molar-refractivity contribution in [3.8, 4) is 5.75 Å².